The zero-order valence-corrected chi connectivity index (χ0v) is 21.0. The maximum atomic E-state index is 4.73. The Balaban J connectivity index is 1.61. The second-order valence-electron chi connectivity index (χ2n) is 10.1. The van der Waals surface area contributed by atoms with Gasteiger partial charge in [0.1, 0.15) is 0 Å². The van der Waals surface area contributed by atoms with E-state index in [1.165, 1.54) is 60.9 Å². The van der Waals surface area contributed by atoms with E-state index in [-0.39, 0.29) is 0 Å². The highest BCUT2D eigenvalue weighted by Crippen LogP contribution is 2.54. The molecule has 5 rings (SSSR count). The maximum absolute atomic E-state index is 4.73. The van der Waals surface area contributed by atoms with Crippen molar-refractivity contribution >= 4 is 16.8 Å². The molecule has 0 amide bonds. The third kappa shape index (κ3) is 3.80. The highest BCUT2D eigenvalue weighted by molar-refractivity contribution is 5.93. The van der Waals surface area contributed by atoms with Gasteiger partial charge in [-0.2, -0.15) is 0 Å². The van der Waals surface area contributed by atoms with Gasteiger partial charge in [0.15, 0.2) is 0 Å². The molecule has 0 nitrogen and oxygen atoms in total. The summed E-state index contributed by atoms with van der Waals surface area (Å²) in [6, 6.07) is 13.3. The molecule has 0 heteroatoms. The molecule has 0 aliphatic heterocycles. The molecule has 2 aromatic carbocycles. The van der Waals surface area contributed by atoms with Crippen molar-refractivity contribution in [2.45, 2.75) is 52.9 Å². The molecule has 0 radical (unpaired) electrons. The van der Waals surface area contributed by atoms with E-state index < -0.39 is 0 Å². The number of hydrogen-bond donors (Lipinski definition) is 0. The van der Waals surface area contributed by atoms with Crippen molar-refractivity contribution in [3.8, 4) is 0 Å². The molecule has 3 aliphatic rings. The van der Waals surface area contributed by atoms with E-state index in [1.807, 2.05) is 0 Å². The molecule has 0 bridgehead atoms. The van der Waals surface area contributed by atoms with Gasteiger partial charge in [-0.3, -0.25) is 0 Å². The Morgan fingerprint density at radius 1 is 1.06 bits per heavy atom. The molecule has 0 aromatic heterocycles. The third-order valence-corrected chi connectivity index (χ3v) is 7.95. The van der Waals surface area contributed by atoms with Crippen molar-refractivity contribution in [1.82, 2.24) is 0 Å². The van der Waals surface area contributed by atoms with Crippen LogP contribution in [-0.4, -0.2) is 0 Å². The van der Waals surface area contributed by atoms with Crippen LogP contribution < -0.4 is 0 Å². The van der Waals surface area contributed by atoms with Crippen LogP contribution in [0.25, 0.3) is 16.8 Å². The molecule has 2 unspecified atom stereocenters. The number of aryl methyl sites for hydroxylation is 1. The fourth-order valence-electron chi connectivity index (χ4n) is 6.36. The van der Waals surface area contributed by atoms with E-state index in [4.69, 9.17) is 6.58 Å². The van der Waals surface area contributed by atoms with Gasteiger partial charge >= 0.3 is 0 Å². The van der Waals surface area contributed by atoms with E-state index in [2.05, 4.69) is 94.1 Å². The smallest absolute Gasteiger partial charge is 0.0166 e. The molecule has 0 saturated heterocycles. The SMILES string of the molecule is C=C(CCC)C1=C(C)C=C2C/C(=C/c3c(CC)ccc4ccccc34)C(=C)C2C1C1=CC=CC1. The second kappa shape index (κ2) is 9.26. The van der Waals surface area contributed by atoms with Crippen molar-refractivity contribution in [1.29, 1.82) is 0 Å². The first-order valence-electron chi connectivity index (χ1n) is 12.9. The lowest BCUT2D eigenvalue weighted by molar-refractivity contribution is 0.555. The lowest BCUT2D eigenvalue weighted by Gasteiger charge is -2.35. The first kappa shape index (κ1) is 22.7. The number of benzene rings is 2. The zero-order valence-electron chi connectivity index (χ0n) is 21.0. The topological polar surface area (TPSA) is 0 Å². The fraction of sp³-hybridized carbons (Fsp3) is 0.294. The van der Waals surface area contributed by atoms with E-state index in [0.717, 1.165) is 32.1 Å². The summed E-state index contributed by atoms with van der Waals surface area (Å²) in [7, 11) is 0. The number of rotatable bonds is 6. The van der Waals surface area contributed by atoms with Crippen molar-refractivity contribution in [2.75, 3.05) is 0 Å². The van der Waals surface area contributed by atoms with Crippen molar-refractivity contribution in [3.05, 3.63) is 124 Å². The summed E-state index contributed by atoms with van der Waals surface area (Å²) in [4.78, 5) is 0. The predicted molar refractivity (Wildman–Crippen MR) is 149 cm³/mol. The number of fused-ring (bicyclic) bond motifs is 2. The van der Waals surface area contributed by atoms with Gasteiger partial charge in [0, 0.05) is 11.8 Å². The van der Waals surface area contributed by atoms with E-state index >= 15 is 0 Å². The van der Waals surface area contributed by atoms with Crippen LogP contribution in [0.5, 0.6) is 0 Å². The minimum atomic E-state index is 0.352. The zero-order chi connectivity index (χ0) is 23.8. The molecule has 1 saturated carbocycles. The monoisotopic (exact) mass is 444 g/mol. The van der Waals surface area contributed by atoms with Crippen LogP contribution in [0.3, 0.4) is 0 Å². The Hall–Kier alpha value is -3.12. The first-order chi connectivity index (χ1) is 16.5. The Labute approximate surface area is 205 Å². The van der Waals surface area contributed by atoms with Gasteiger partial charge in [-0.25, -0.2) is 0 Å². The predicted octanol–water partition coefficient (Wildman–Crippen LogP) is 9.48. The normalized spacial score (nSPS) is 23.0. The second-order valence-corrected chi connectivity index (χ2v) is 10.1. The van der Waals surface area contributed by atoms with Crippen LogP contribution in [-0.2, 0) is 6.42 Å². The van der Waals surface area contributed by atoms with Crippen molar-refractivity contribution < 1.29 is 0 Å². The van der Waals surface area contributed by atoms with Gasteiger partial charge in [0.2, 0.25) is 0 Å². The molecule has 1 fully saturated rings. The standard InChI is InChI=1S/C34H36/c1-6-12-22(3)32-23(4)19-29-20-28(24(5)33(29)34(32)27-14-8-9-15-27)21-31-25(7-2)17-18-26-13-10-11-16-30(26)31/h8-11,13-14,16-19,21,33-34H,3,5-7,12,15,20H2,1-2,4H3/b28-21-. The average molecular weight is 445 g/mol. The quantitative estimate of drug-likeness (QED) is 0.416. The largest absolute Gasteiger partial charge is 0.0955 e. The van der Waals surface area contributed by atoms with Gasteiger partial charge in [0.25, 0.3) is 0 Å². The maximum Gasteiger partial charge on any atom is 0.0166 e. The van der Waals surface area contributed by atoms with Crippen LogP contribution >= 0.6 is 0 Å². The molecule has 0 spiro atoms. The summed E-state index contributed by atoms with van der Waals surface area (Å²) in [5.41, 5.74) is 12.7. The van der Waals surface area contributed by atoms with Crippen LogP contribution in [0.2, 0.25) is 0 Å². The molecule has 0 heterocycles. The Morgan fingerprint density at radius 2 is 1.88 bits per heavy atom. The molecule has 172 valence electrons. The van der Waals surface area contributed by atoms with E-state index in [1.54, 1.807) is 0 Å². The Bertz CT molecular complexity index is 1330. The van der Waals surface area contributed by atoms with Crippen molar-refractivity contribution in [2.24, 2.45) is 11.8 Å². The molecule has 2 atom stereocenters. The molecule has 3 aliphatic carbocycles. The summed E-state index contributed by atoms with van der Waals surface area (Å²) in [5.74, 6) is 0.718. The van der Waals surface area contributed by atoms with Gasteiger partial charge in [-0.05, 0) is 76.8 Å². The van der Waals surface area contributed by atoms with E-state index in [0.29, 0.717) is 11.8 Å². The average Bonchev–Trinajstić information content (AvgIpc) is 3.47. The highest BCUT2D eigenvalue weighted by Gasteiger charge is 2.41. The summed E-state index contributed by atoms with van der Waals surface area (Å²) < 4.78 is 0. The van der Waals surface area contributed by atoms with Crippen molar-refractivity contribution in [3.63, 3.8) is 0 Å². The third-order valence-electron chi connectivity index (χ3n) is 7.95. The summed E-state index contributed by atoms with van der Waals surface area (Å²) in [6.07, 6.45) is 17.0. The number of hydrogen-bond acceptors (Lipinski definition) is 0. The molecule has 0 N–H and O–H groups in total. The van der Waals surface area contributed by atoms with Gasteiger partial charge in [-0.15, -0.1) is 0 Å². The molecule has 2 aromatic rings. The van der Waals surface area contributed by atoms with Gasteiger partial charge < -0.3 is 0 Å². The van der Waals surface area contributed by atoms with Crippen LogP contribution in [0.1, 0.15) is 57.6 Å². The molecular formula is C34H36. The Morgan fingerprint density at radius 3 is 2.62 bits per heavy atom. The highest BCUT2D eigenvalue weighted by atomic mass is 14.4. The van der Waals surface area contributed by atoms with Crippen LogP contribution in [0.4, 0.5) is 0 Å². The lowest BCUT2D eigenvalue weighted by atomic mass is 9.68. The number of allylic oxidation sites excluding steroid dienone is 11. The fourth-order valence-corrected chi connectivity index (χ4v) is 6.36. The minimum absolute atomic E-state index is 0.352. The lowest BCUT2D eigenvalue weighted by Crippen LogP contribution is -2.24. The Kier molecular flexibility index (Phi) is 6.17. The van der Waals surface area contributed by atoms with Gasteiger partial charge in [0.05, 0.1) is 0 Å². The van der Waals surface area contributed by atoms with Crippen LogP contribution in [0, 0.1) is 11.8 Å². The van der Waals surface area contributed by atoms with Gasteiger partial charge in [-0.1, -0.05) is 117 Å². The first-order valence-corrected chi connectivity index (χ1v) is 12.9. The summed E-state index contributed by atoms with van der Waals surface area (Å²) in [5, 5.41) is 2.65. The summed E-state index contributed by atoms with van der Waals surface area (Å²) in [6.45, 7) is 16.1. The summed E-state index contributed by atoms with van der Waals surface area (Å²) >= 11 is 0. The van der Waals surface area contributed by atoms with Crippen LogP contribution in [0.15, 0.2) is 113 Å². The minimum Gasteiger partial charge on any atom is -0.0955 e. The molecule has 34 heavy (non-hydrogen) atoms. The molecular weight excluding hydrogens is 408 g/mol. The van der Waals surface area contributed by atoms with E-state index in [9.17, 15) is 0 Å².